The lowest BCUT2D eigenvalue weighted by Gasteiger charge is -2.24. The van der Waals surface area contributed by atoms with Gasteiger partial charge in [-0.15, -0.1) is 0 Å². The molecule has 5 heteroatoms. The van der Waals surface area contributed by atoms with Crippen LogP contribution in [-0.4, -0.2) is 33.7 Å². The molecule has 0 saturated carbocycles. The number of hydrogen-bond acceptors (Lipinski definition) is 3. The fourth-order valence-corrected chi connectivity index (χ4v) is 3.99. The molecule has 1 atom stereocenters. The zero-order chi connectivity index (χ0) is 13.2. The van der Waals surface area contributed by atoms with Crippen LogP contribution in [0.3, 0.4) is 0 Å². The molecule has 0 aromatic heterocycles. The Kier molecular flexibility index (Phi) is 3.55. The third kappa shape index (κ3) is 2.81. The molecule has 4 nitrogen and oxygen atoms in total. The standard InChI is InChI=1S/C14H18N2O2S/c17-14(15-11-5-7-19(18)8-6-11)13-9-10-3-1-2-4-12(10)16-13/h1-4,11,13,16H,5-9H2,(H,15,17)/t11?,13-,19?/m0/s1. The molecule has 1 aromatic rings. The summed E-state index contributed by atoms with van der Waals surface area (Å²) in [7, 11) is -0.677. The highest BCUT2D eigenvalue weighted by molar-refractivity contribution is 7.85. The first kappa shape index (κ1) is 12.7. The number of benzene rings is 1. The average Bonchev–Trinajstić information content (AvgIpc) is 2.85. The van der Waals surface area contributed by atoms with Gasteiger partial charge in [0, 0.05) is 40.5 Å². The molecule has 3 rings (SSSR count). The fourth-order valence-electron chi connectivity index (χ4n) is 2.70. The molecule has 0 radical (unpaired) electrons. The van der Waals surface area contributed by atoms with Crippen LogP contribution in [0.4, 0.5) is 5.69 Å². The van der Waals surface area contributed by atoms with E-state index in [0.717, 1.165) is 24.9 Å². The van der Waals surface area contributed by atoms with Crippen molar-refractivity contribution in [1.82, 2.24) is 5.32 Å². The number of fused-ring (bicyclic) bond motifs is 1. The molecular weight excluding hydrogens is 260 g/mol. The van der Waals surface area contributed by atoms with Crippen LogP contribution in [0.1, 0.15) is 18.4 Å². The molecule has 19 heavy (non-hydrogen) atoms. The highest BCUT2D eigenvalue weighted by atomic mass is 32.2. The monoisotopic (exact) mass is 278 g/mol. The van der Waals surface area contributed by atoms with Gasteiger partial charge in [-0.05, 0) is 24.5 Å². The Hall–Kier alpha value is -1.36. The maximum atomic E-state index is 12.2. The van der Waals surface area contributed by atoms with Crippen molar-refractivity contribution in [2.75, 3.05) is 16.8 Å². The first-order valence-electron chi connectivity index (χ1n) is 6.72. The molecule has 0 bridgehead atoms. The highest BCUT2D eigenvalue weighted by Crippen LogP contribution is 2.25. The number of hydrogen-bond donors (Lipinski definition) is 2. The summed E-state index contributed by atoms with van der Waals surface area (Å²) < 4.78 is 11.3. The second kappa shape index (κ2) is 5.33. The molecule has 2 heterocycles. The van der Waals surface area contributed by atoms with E-state index in [1.165, 1.54) is 5.56 Å². The minimum atomic E-state index is -0.677. The molecule has 0 unspecified atom stereocenters. The van der Waals surface area contributed by atoms with Crippen molar-refractivity contribution < 1.29 is 9.00 Å². The summed E-state index contributed by atoms with van der Waals surface area (Å²) in [4.78, 5) is 12.2. The number of carbonyl (C=O) groups is 1. The van der Waals surface area contributed by atoms with Gasteiger partial charge in [-0.2, -0.15) is 0 Å². The van der Waals surface area contributed by atoms with Gasteiger partial charge in [0.25, 0.3) is 0 Å². The number of carbonyl (C=O) groups excluding carboxylic acids is 1. The van der Waals surface area contributed by atoms with E-state index in [0.29, 0.717) is 11.5 Å². The molecule has 2 aliphatic rings. The van der Waals surface area contributed by atoms with Crippen LogP contribution in [0, 0.1) is 0 Å². The SMILES string of the molecule is O=C(NC1CCS(=O)CC1)[C@@H]1Cc2ccccc2N1. The lowest BCUT2D eigenvalue weighted by atomic mass is 10.1. The molecule has 102 valence electrons. The Morgan fingerprint density at radius 2 is 2.00 bits per heavy atom. The summed E-state index contributed by atoms with van der Waals surface area (Å²) in [6.07, 6.45) is 2.41. The van der Waals surface area contributed by atoms with Gasteiger partial charge < -0.3 is 10.6 Å². The zero-order valence-corrected chi connectivity index (χ0v) is 11.5. The molecular formula is C14H18N2O2S. The maximum absolute atomic E-state index is 12.2. The number of anilines is 1. The summed E-state index contributed by atoms with van der Waals surface area (Å²) in [6, 6.07) is 8.06. The molecule has 2 aliphatic heterocycles. The molecule has 1 fully saturated rings. The number of amides is 1. The van der Waals surface area contributed by atoms with Crippen LogP contribution in [0.15, 0.2) is 24.3 Å². The van der Waals surface area contributed by atoms with Crippen LogP contribution in [0.25, 0.3) is 0 Å². The quantitative estimate of drug-likeness (QED) is 0.850. The lowest BCUT2D eigenvalue weighted by molar-refractivity contribution is -0.122. The first-order chi connectivity index (χ1) is 9.22. The van der Waals surface area contributed by atoms with E-state index in [2.05, 4.69) is 16.7 Å². The van der Waals surface area contributed by atoms with Crippen LogP contribution in [0.5, 0.6) is 0 Å². The van der Waals surface area contributed by atoms with Gasteiger partial charge in [-0.1, -0.05) is 18.2 Å². The van der Waals surface area contributed by atoms with Crippen molar-refractivity contribution in [2.45, 2.75) is 31.3 Å². The van der Waals surface area contributed by atoms with Crippen molar-refractivity contribution in [3.8, 4) is 0 Å². The van der Waals surface area contributed by atoms with Crippen LogP contribution >= 0.6 is 0 Å². The number of rotatable bonds is 2. The van der Waals surface area contributed by atoms with E-state index in [1.54, 1.807) is 0 Å². The molecule has 0 spiro atoms. The van der Waals surface area contributed by atoms with Crippen molar-refractivity contribution in [1.29, 1.82) is 0 Å². The van der Waals surface area contributed by atoms with Crippen molar-refractivity contribution in [3.63, 3.8) is 0 Å². The third-order valence-electron chi connectivity index (χ3n) is 3.82. The lowest BCUT2D eigenvalue weighted by Crippen LogP contribution is -2.46. The molecule has 2 N–H and O–H groups in total. The average molecular weight is 278 g/mol. The second-order valence-electron chi connectivity index (χ2n) is 5.19. The zero-order valence-electron chi connectivity index (χ0n) is 10.7. The van der Waals surface area contributed by atoms with Crippen molar-refractivity contribution >= 4 is 22.4 Å². The summed E-state index contributed by atoms with van der Waals surface area (Å²) in [5, 5.41) is 6.34. The Morgan fingerprint density at radius 3 is 2.74 bits per heavy atom. The number of para-hydroxylation sites is 1. The summed E-state index contributed by atoms with van der Waals surface area (Å²) in [5.41, 5.74) is 2.26. The van der Waals surface area contributed by atoms with Gasteiger partial charge in [0.2, 0.25) is 5.91 Å². The Bertz CT molecular complexity index is 483. The smallest absolute Gasteiger partial charge is 0.243 e. The highest BCUT2D eigenvalue weighted by Gasteiger charge is 2.28. The Balaban J connectivity index is 1.56. The summed E-state index contributed by atoms with van der Waals surface area (Å²) in [6.45, 7) is 0. The fraction of sp³-hybridized carbons (Fsp3) is 0.500. The Morgan fingerprint density at radius 1 is 1.26 bits per heavy atom. The summed E-state index contributed by atoms with van der Waals surface area (Å²) in [5.74, 6) is 1.49. The predicted molar refractivity (Wildman–Crippen MR) is 76.6 cm³/mol. The second-order valence-corrected chi connectivity index (χ2v) is 6.89. The predicted octanol–water partition coefficient (Wildman–Crippen LogP) is 1.05. The van der Waals surface area contributed by atoms with Crippen molar-refractivity contribution in [2.24, 2.45) is 0 Å². The van der Waals surface area contributed by atoms with E-state index in [9.17, 15) is 9.00 Å². The van der Waals surface area contributed by atoms with Gasteiger partial charge in [-0.25, -0.2) is 0 Å². The minimum absolute atomic E-state index is 0.0638. The minimum Gasteiger partial charge on any atom is -0.373 e. The normalized spacial score (nSPS) is 29.4. The van der Waals surface area contributed by atoms with Crippen LogP contribution < -0.4 is 10.6 Å². The van der Waals surface area contributed by atoms with E-state index in [4.69, 9.17) is 0 Å². The molecule has 1 aromatic carbocycles. The topological polar surface area (TPSA) is 58.2 Å². The van der Waals surface area contributed by atoms with E-state index >= 15 is 0 Å². The molecule has 0 aliphatic carbocycles. The van der Waals surface area contributed by atoms with Crippen LogP contribution in [0.2, 0.25) is 0 Å². The van der Waals surface area contributed by atoms with Gasteiger partial charge in [0.15, 0.2) is 0 Å². The molecule has 1 amide bonds. The Labute approximate surface area is 115 Å². The van der Waals surface area contributed by atoms with Gasteiger partial charge in [0.1, 0.15) is 6.04 Å². The summed E-state index contributed by atoms with van der Waals surface area (Å²) >= 11 is 0. The molecule has 1 saturated heterocycles. The first-order valence-corrected chi connectivity index (χ1v) is 8.21. The van der Waals surface area contributed by atoms with Gasteiger partial charge >= 0.3 is 0 Å². The maximum Gasteiger partial charge on any atom is 0.243 e. The van der Waals surface area contributed by atoms with E-state index < -0.39 is 10.8 Å². The van der Waals surface area contributed by atoms with Crippen molar-refractivity contribution in [3.05, 3.63) is 29.8 Å². The van der Waals surface area contributed by atoms with E-state index in [-0.39, 0.29) is 18.0 Å². The van der Waals surface area contributed by atoms with Crippen LogP contribution in [-0.2, 0) is 22.0 Å². The van der Waals surface area contributed by atoms with Gasteiger partial charge in [-0.3, -0.25) is 9.00 Å². The van der Waals surface area contributed by atoms with E-state index in [1.807, 2.05) is 18.2 Å². The number of nitrogens with one attached hydrogen (secondary N) is 2. The third-order valence-corrected chi connectivity index (χ3v) is 5.20. The van der Waals surface area contributed by atoms with Gasteiger partial charge in [0.05, 0.1) is 0 Å². The largest absolute Gasteiger partial charge is 0.373 e.